The van der Waals surface area contributed by atoms with Crippen LogP contribution in [-0.2, 0) is 9.13 Å². The van der Waals surface area contributed by atoms with E-state index in [-0.39, 0.29) is 0 Å². The molecule has 0 N–H and O–H groups in total. The number of nitrogens with zero attached hydrogens (tertiary/aromatic N) is 6. The summed E-state index contributed by atoms with van der Waals surface area (Å²) >= 11 is 0. The first-order valence-electron chi connectivity index (χ1n) is 6.93. The lowest BCUT2D eigenvalue weighted by atomic mass is 11.2. The van der Waals surface area contributed by atoms with E-state index in [1.54, 1.807) is 28.0 Å². The molecule has 136 valence electrons. The Balaban J connectivity index is 0. The van der Waals surface area contributed by atoms with Crippen molar-refractivity contribution in [3.05, 3.63) is 0 Å². The highest BCUT2D eigenvalue weighted by molar-refractivity contribution is 7.56. The molecular formula is C12H36N6O2P2. The third kappa shape index (κ3) is 5.69. The molecule has 0 aromatic rings. The molecule has 10 heteroatoms. The Morgan fingerprint density at radius 1 is 0.364 bits per heavy atom. The van der Waals surface area contributed by atoms with Gasteiger partial charge in [-0.2, -0.15) is 0 Å². The second-order valence-corrected chi connectivity index (χ2v) is 13.0. The summed E-state index contributed by atoms with van der Waals surface area (Å²) in [6.07, 6.45) is 0. The largest absolute Gasteiger partial charge is 0.285 e. The van der Waals surface area contributed by atoms with Crippen molar-refractivity contribution in [1.29, 1.82) is 0 Å². The molecule has 0 aromatic carbocycles. The predicted molar refractivity (Wildman–Crippen MR) is 97.3 cm³/mol. The average Bonchev–Trinajstić information content (AvgIpc) is 2.35. The minimum absolute atomic E-state index is 1.74. The summed E-state index contributed by atoms with van der Waals surface area (Å²) in [6, 6.07) is 0. The van der Waals surface area contributed by atoms with E-state index in [4.69, 9.17) is 0 Å². The van der Waals surface area contributed by atoms with Crippen molar-refractivity contribution in [3.8, 4) is 0 Å². The molecule has 0 heterocycles. The Kier molecular flexibility index (Phi) is 10.6. The zero-order valence-electron chi connectivity index (χ0n) is 16.4. The molecule has 0 amide bonds. The zero-order chi connectivity index (χ0) is 18.5. The van der Waals surface area contributed by atoms with E-state index in [0.29, 0.717) is 0 Å². The molecule has 0 bridgehead atoms. The summed E-state index contributed by atoms with van der Waals surface area (Å²) < 4.78 is 34.6. The van der Waals surface area contributed by atoms with E-state index >= 15 is 0 Å². The van der Waals surface area contributed by atoms with Gasteiger partial charge in [-0.15, -0.1) is 0 Å². The molecule has 0 aliphatic carbocycles. The molecule has 0 atom stereocenters. The van der Waals surface area contributed by atoms with Crippen LogP contribution in [0.3, 0.4) is 0 Å². The van der Waals surface area contributed by atoms with Crippen LogP contribution in [-0.4, -0.2) is 113 Å². The molecule has 0 radical (unpaired) electrons. The standard InChI is InChI=1S/2C6H18N3OP/c2*1-7(2)11(10,8(3)4)9(5)6/h2*1-6H3. The van der Waals surface area contributed by atoms with Gasteiger partial charge in [-0.05, 0) is 84.6 Å². The third-order valence-corrected chi connectivity index (χ3v) is 9.38. The van der Waals surface area contributed by atoms with E-state index in [2.05, 4.69) is 0 Å². The minimum Gasteiger partial charge on any atom is -0.270 e. The molecular weight excluding hydrogens is 322 g/mol. The van der Waals surface area contributed by atoms with Gasteiger partial charge in [-0.1, -0.05) is 0 Å². The highest BCUT2D eigenvalue weighted by Crippen LogP contribution is 2.51. The van der Waals surface area contributed by atoms with Crippen molar-refractivity contribution in [3.63, 3.8) is 0 Å². The maximum Gasteiger partial charge on any atom is 0.285 e. The number of rotatable bonds is 6. The predicted octanol–water partition coefficient (Wildman–Crippen LogP) is 1.56. The molecule has 0 saturated carbocycles. The Hall–Kier alpha value is 0.220. The van der Waals surface area contributed by atoms with E-state index in [1.807, 2.05) is 84.6 Å². The number of hydrogen-bond donors (Lipinski definition) is 0. The zero-order valence-corrected chi connectivity index (χ0v) is 18.2. The molecule has 0 rings (SSSR count). The molecule has 0 aliphatic heterocycles. The SMILES string of the molecule is CN(C)P(=O)(N(C)C)N(C)C.CN(C)P(=O)(N(C)C)N(C)C. The maximum atomic E-state index is 12.1. The molecule has 0 aromatic heterocycles. The molecule has 22 heavy (non-hydrogen) atoms. The van der Waals surface area contributed by atoms with Crippen LogP contribution in [0.1, 0.15) is 0 Å². The molecule has 0 spiro atoms. The van der Waals surface area contributed by atoms with Crippen molar-refractivity contribution in [2.24, 2.45) is 0 Å². The lowest BCUT2D eigenvalue weighted by molar-refractivity contribution is 0.383. The molecule has 0 unspecified atom stereocenters. The molecule has 0 saturated heterocycles. The Bertz CT molecular complexity index is 315. The lowest BCUT2D eigenvalue weighted by Crippen LogP contribution is -2.30. The van der Waals surface area contributed by atoms with Crippen molar-refractivity contribution >= 4 is 15.2 Å². The van der Waals surface area contributed by atoms with Gasteiger partial charge in [0.2, 0.25) is 0 Å². The van der Waals surface area contributed by atoms with Gasteiger partial charge in [0.15, 0.2) is 0 Å². The van der Waals surface area contributed by atoms with Gasteiger partial charge in [0.05, 0.1) is 0 Å². The van der Waals surface area contributed by atoms with Gasteiger partial charge in [-0.3, -0.25) is 9.13 Å². The minimum atomic E-state index is -2.44. The summed E-state index contributed by atoms with van der Waals surface area (Å²) in [6.45, 7) is 0. The first-order chi connectivity index (χ1) is 9.66. The summed E-state index contributed by atoms with van der Waals surface area (Å²) in [7, 11) is 17.0. The van der Waals surface area contributed by atoms with Crippen LogP contribution in [0.15, 0.2) is 0 Å². The van der Waals surface area contributed by atoms with Gasteiger partial charge < -0.3 is 0 Å². The van der Waals surface area contributed by atoms with Gasteiger partial charge in [0, 0.05) is 0 Å². The van der Waals surface area contributed by atoms with Gasteiger partial charge in [0.25, 0.3) is 15.2 Å². The van der Waals surface area contributed by atoms with Gasteiger partial charge in [0.1, 0.15) is 0 Å². The van der Waals surface area contributed by atoms with Crippen LogP contribution >= 0.6 is 15.2 Å². The fourth-order valence-corrected chi connectivity index (χ4v) is 6.44. The van der Waals surface area contributed by atoms with Crippen molar-refractivity contribution in [2.45, 2.75) is 0 Å². The van der Waals surface area contributed by atoms with E-state index in [9.17, 15) is 9.13 Å². The van der Waals surface area contributed by atoms with Crippen LogP contribution in [0.4, 0.5) is 0 Å². The first-order valence-corrected chi connectivity index (χ1v) is 10.1. The maximum absolute atomic E-state index is 12.1. The second-order valence-electron chi connectivity index (χ2n) is 6.11. The lowest BCUT2D eigenvalue weighted by Gasteiger charge is -2.34. The highest BCUT2D eigenvalue weighted by Gasteiger charge is 2.31. The third-order valence-electron chi connectivity index (χ3n) is 3.13. The summed E-state index contributed by atoms with van der Waals surface area (Å²) in [5.41, 5.74) is 0. The topological polar surface area (TPSA) is 53.6 Å². The highest BCUT2D eigenvalue weighted by atomic mass is 31.2. The Labute approximate surface area is 137 Å². The van der Waals surface area contributed by atoms with Crippen LogP contribution in [0.5, 0.6) is 0 Å². The van der Waals surface area contributed by atoms with Crippen LogP contribution < -0.4 is 0 Å². The fourth-order valence-electron chi connectivity index (χ4n) is 2.15. The van der Waals surface area contributed by atoms with Crippen molar-refractivity contribution in [1.82, 2.24) is 28.0 Å². The average molecular weight is 358 g/mol. The second kappa shape index (κ2) is 9.50. The van der Waals surface area contributed by atoms with Crippen LogP contribution in [0.25, 0.3) is 0 Å². The van der Waals surface area contributed by atoms with Crippen LogP contribution in [0, 0.1) is 0 Å². The van der Waals surface area contributed by atoms with E-state index in [1.165, 1.54) is 0 Å². The summed E-state index contributed by atoms with van der Waals surface area (Å²) in [5, 5.41) is 0. The number of hydrogen-bond acceptors (Lipinski definition) is 2. The molecule has 0 aliphatic rings. The smallest absolute Gasteiger partial charge is 0.270 e. The summed E-state index contributed by atoms with van der Waals surface area (Å²) in [4.78, 5) is 0. The first kappa shape index (κ1) is 24.5. The molecule has 0 fully saturated rings. The van der Waals surface area contributed by atoms with Gasteiger partial charge in [-0.25, -0.2) is 28.0 Å². The normalized spacial score (nSPS) is 13.5. The molecule has 8 nitrogen and oxygen atoms in total. The van der Waals surface area contributed by atoms with Gasteiger partial charge >= 0.3 is 0 Å². The van der Waals surface area contributed by atoms with Crippen molar-refractivity contribution < 1.29 is 9.13 Å². The fraction of sp³-hybridized carbons (Fsp3) is 1.00. The van der Waals surface area contributed by atoms with Crippen molar-refractivity contribution in [2.75, 3.05) is 84.6 Å². The Morgan fingerprint density at radius 2 is 0.455 bits per heavy atom. The van der Waals surface area contributed by atoms with Crippen LogP contribution in [0.2, 0.25) is 0 Å². The Morgan fingerprint density at radius 3 is 0.455 bits per heavy atom. The monoisotopic (exact) mass is 358 g/mol. The summed E-state index contributed by atoms with van der Waals surface area (Å²) in [5.74, 6) is 0. The van der Waals surface area contributed by atoms with E-state index in [0.717, 1.165) is 0 Å². The van der Waals surface area contributed by atoms with E-state index < -0.39 is 15.2 Å². The quantitative estimate of drug-likeness (QED) is 0.663.